The normalized spacial score (nSPS) is 13.7. The summed E-state index contributed by atoms with van der Waals surface area (Å²) < 4.78 is 0. The Morgan fingerprint density at radius 1 is 0.824 bits per heavy atom. The minimum Gasteiger partial charge on any atom is -0.388 e. The molecule has 0 aliphatic carbocycles. The predicted octanol–water partition coefficient (Wildman–Crippen LogP) is 2.31. The third kappa shape index (κ3) is 4.56. The maximum absolute atomic E-state index is 9.98. The van der Waals surface area contributed by atoms with Crippen molar-refractivity contribution in [2.45, 2.75) is 5.85 Å². The van der Waals surface area contributed by atoms with Crippen molar-refractivity contribution in [3.05, 3.63) is 60.7 Å². The van der Waals surface area contributed by atoms with E-state index < -0.39 is 0 Å². The molecule has 3 unspecified atom stereocenters. The van der Waals surface area contributed by atoms with Gasteiger partial charge in [-0.05, 0) is 16.8 Å². The van der Waals surface area contributed by atoms with Gasteiger partial charge in [-0.2, -0.15) is 0 Å². The van der Waals surface area contributed by atoms with Gasteiger partial charge in [0.15, 0.2) is 0 Å². The third-order valence-corrected chi connectivity index (χ3v) is 5.33. The van der Waals surface area contributed by atoms with Crippen molar-refractivity contribution < 1.29 is 5.11 Å². The fourth-order valence-electron chi connectivity index (χ4n) is 1.55. The fourth-order valence-corrected chi connectivity index (χ4v) is 3.89. The molecule has 2 rings (SSSR count). The van der Waals surface area contributed by atoms with E-state index in [2.05, 4.69) is 24.3 Å². The Morgan fingerprint density at radius 2 is 1.35 bits per heavy atom. The summed E-state index contributed by atoms with van der Waals surface area (Å²) in [6.45, 7) is 0. The van der Waals surface area contributed by atoms with E-state index in [-0.39, 0.29) is 5.85 Å². The number of aliphatic hydroxyl groups is 1. The van der Waals surface area contributed by atoms with Crippen molar-refractivity contribution in [3.63, 3.8) is 0 Å². The summed E-state index contributed by atoms with van der Waals surface area (Å²) in [5.74, 6) is -0.212. The van der Waals surface area contributed by atoms with Gasteiger partial charge in [-0.3, -0.25) is 0 Å². The van der Waals surface area contributed by atoms with Crippen LogP contribution in [0.1, 0.15) is 0 Å². The Balaban J connectivity index is 1.80. The summed E-state index contributed by atoms with van der Waals surface area (Å²) >= 11 is 0. The quantitative estimate of drug-likeness (QED) is 0.820. The van der Waals surface area contributed by atoms with Gasteiger partial charge in [0.2, 0.25) is 0 Å². The van der Waals surface area contributed by atoms with Crippen LogP contribution in [0, 0.1) is 0 Å². The molecule has 0 fully saturated rings. The average molecular weight is 262 g/mol. The second kappa shape index (κ2) is 6.87. The molecule has 17 heavy (non-hydrogen) atoms. The molecule has 1 N–H and O–H groups in total. The van der Waals surface area contributed by atoms with Crippen LogP contribution in [0.2, 0.25) is 0 Å². The molecule has 0 spiro atoms. The average Bonchev–Trinajstić information content (AvgIpc) is 2.39. The van der Waals surface area contributed by atoms with Crippen LogP contribution in [0.3, 0.4) is 0 Å². The van der Waals surface area contributed by atoms with E-state index in [0.29, 0.717) is 17.2 Å². The first-order chi connectivity index (χ1) is 8.34. The molecule has 0 radical (unpaired) electrons. The summed E-state index contributed by atoms with van der Waals surface area (Å²) in [7, 11) is 1.19. The molecule has 0 heterocycles. The highest BCUT2D eigenvalue weighted by molar-refractivity contribution is 7.51. The molecule has 88 valence electrons. The Bertz CT molecular complexity index is 430. The Morgan fingerprint density at radius 3 is 1.94 bits per heavy atom. The van der Waals surface area contributed by atoms with Crippen molar-refractivity contribution in [2.24, 2.45) is 0 Å². The minimum atomic E-state index is -0.212. The first-order valence-electron chi connectivity index (χ1n) is 5.63. The summed E-state index contributed by atoms with van der Waals surface area (Å²) in [6.07, 6.45) is 0.858. The molecular formula is C14H16OP2. The first kappa shape index (κ1) is 12.7. The summed E-state index contributed by atoms with van der Waals surface area (Å²) in [5, 5.41) is 12.5. The number of rotatable bonds is 5. The number of hydrogen-bond donors (Lipinski definition) is 1. The second-order valence-corrected chi connectivity index (χ2v) is 6.64. The Labute approximate surface area is 106 Å². The maximum Gasteiger partial charge on any atom is 0.0783 e. The van der Waals surface area contributed by atoms with Gasteiger partial charge >= 0.3 is 0 Å². The summed E-state index contributed by atoms with van der Waals surface area (Å²) in [4.78, 5) is 0. The van der Waals surface area contributed by atoms with Crippen LogP contribution in [0.15, 0.2) is 60.7 Å². The molecule has 0 saturated carbocycles. The molecule has 1 nitrogen and oxygen atoms in total. The van der Waals surface area contributed by atoms with Gasteiger partial charge in [-0.15, -0.1) is 0 Å². The molecular weight excluding hydrogens is 246 g/mol. The minimum absolute atomic E-state index is 0.212. The lowest BCUT2D eigenvalue weighted by Crippen LogP contribution is -2.09. The standard InChI is InChI=1S/C14H16OP2/c15-14(17-13-9-5-2-6-10-13)11-16-12-7-3-1-4-8-12/h1-10,14-17H,11H2. The Kier molecular flexibility index (Phi) is 5.13. The molecule has 0 saturated heterocycles. The highest BCUT2D eigenvalue weighted by Gasteiger charge is 2.05. The van der Waals surface area contributed by atoms with E-state index >= 15 is 0 Å². The van der Waals surface area contributed by atoms with Crippen LogP contribution >= 0.6 is 17.2 Å². The summed E-state index contributed by atoms with van der Waals surface area (Å²) in [6, 6.07) is 20.6. The van der Waals surface area contributed by atoms with Crippen molar-refractivity contribution in [1.82, 2.24) is 0 Å². The molecule has 2 aromatic rings. The van der Waals surface area contributed by atoms with Crippen molar-refractivity contribution >= 4 is 27.8 Å². The van der Waals surface area contributed by atoms with Crippen LogP contribution in [-0.2, 0) is 0 Å². The van der Waals surface area contributed by atoms with Gasteiger partial charge in [0, 0.05) is 0 Å². The van der Waals surface area contributed by atoms with Gasteiger partial charge in [0.25, 0.3) is 0 Å². The molecule has 3 atom stereocenters. The van der Waals surface area contributed by atoms with Crippen LogP contribution in [0.4, 0.5) is 0 Å². The zero-order valence-electron chi connectivity index (χ0n) is 9.51. The monoisotopic (exact) mass is 262 g/mol. The van der Waals surface area contributed by atoms with E-state index in [0.717, 1.165) is 6.16 Å². The van der Waals surface area contributed by atoms with E-state index in [9.17, 15) is 5.11 Å². The van der Waals surface area contributed by atoms with Crippen molar-refractivity contribution in [2.75, 3.05) is 6.16 Å². The van der Waals surface area contributed by atoms with E-state index in [4.69, 9.17) is 0 Å². The van der Waals surface area contributed by atoms with Gasteiger partial charge in [-0.1, -0.05) is 77.8 Å². The first-order valence-corrected chi connectivity index (χ1v) is 7.91. The van der Waals surface area contributed by atoms with Crippen LogP contribution in [0.25, 0.3) is 0 Å². The molecule has 0 bridgehead atoms. The highest BCUT2D eigenvalue weighted by Crippen LogP contribution is 2.22. The predicted molar refractivity (Wildman–Crippen MR) is 79.7 cm³/mol. The topological polar surface area (TPSA) is 20.2 Å². The number of benzene rings is 2. The number of aliphatic hydroxyl groups excluding tert-OH is 1. The van der Waals surface area contributed by atoms with E-state index in [1.807, 2.05) is 36.4 Å². The molecule has 0 aliphatic heterocycles. The lowest BCUT2D eigenvalue weighted by atomic mass is 10.4. The molecule has 0 aromatic heterocycles. The smallest absolute Gasteiger partial charge is 0.0783 e. The van der Waals surface area contributed by atoms with Crippen LogP contribution in [-0.4, -0.2) is 17.1 Å². The zero-order chi connectivity index (χ0) is 11.9. The maximum atomic E-state index is 9.98. The van der Waals surface area contributed by atoms with Crippen LogP contribution < -0.4 is 10.6 Å². The largest absolute Gasteiger partial charge is 0.388 e. The van der Waals surface area contributed by atoms with Crippen molar-refractivity contribution in [1.29, 1.82) is 0 Å². The molecule has 2 aromatic carbocycles. The summed E-state index contributed by atoms with van der Waals surface area (Å²) in [5.41, 5.74) is 0. The van der Waals surface area contributed by atoms with E-state index in [1.54, 1.807) is 0 Å². The lowest BCUT2D eigenvalue weighted by Gasteiger charge is -2.10. The Hall–Kier alpha value is -0.740. The molecule has 0 amide bonds. The molecule has 3 heteroatoms. The highest BCUT2D eigenvalue weighted by atomic mass is 31.1. The van der Waals surface area contributed by atoms with Gasteiger partial charge in [-0.25, -0.2) is 0 Å². The number of hydrogen-bond acceptors (Lipinski definition) is 1. The van der Waals surface area contributed by atoms with E-state index in [1.165, 1.54) is 10.6 Å². The lowest BCUT2D eigenvalue weighted by molar-refractivity contribution is 0.285. The zero-order valence-corrected chi connectivity index (χ0v) is 11.5. The fraction of sp³-hybridized carbons (Fsp3) is 0.143. The van der Waals surface area contributed by atoms with Crippen LogP contribution in [0.5, 0.6) is 0 Å². The third-order valence-electron chi connectivity index (χ3n) is 2.38. The van der Waals surface area contributed by atoms with Gasteiger partial charge in [0.05, 0.1) is 5.85 Å². The van der Waals surface area contributed by atoms with Gasteiger partial charge in [0.1, 0.15) is 0 Å². The van der Waals surface area contributed by atoms with Gasteiger partial charge < -0.3 is 5.11 Å². The van der Waals surface area contributed by atoms with Crippen molar-refractivity contribution in [3.8, 4) is 0 Å². The second-order valence-electron chi connectivity index (χ2n) is 3.77. The SMILES string of the molecule is OC(CPc1ccccc1)Pc1ccccc1. The molecule has 0 aliphatic rings.